The standard InChI is InChI=1S/C17H22N4O2/c1-13-8-20-21(10-13)11-14(2)19-9-16(22)12-23-17-5-3-15(7-18)4-6-17/h3-6,8,10,14,16,19,22H,9,11-12H2,1-2H3. The van der Waals surface area contributed by atoms with Gasteiger partial charge in [0.25, 0.3) is 0 Å². The van der Waals surface area contributed by atoms with Crippen molar-refractivity contribution in [3.05, 3.63) is 47.8 Å². The first-order valence-corrected chi connectivity index (χ1v) is 7.60. The topological polar surface area (TPSA) is 83.1 Å². The minimum Gasteiger partial charge on any atom is -0.491 e. The van der Waals surface area contributed by atoms with Crippen molar-refractivity contribution in [2.24, 2.45) is 0 Å². The van der Waals surface area contributed by atoms with E-state index in [9.17, 15) is 5.11 Å². The van der Waals surface area contributed by atoms with E-state index in [2.05, 4.69) is 16.5 Å². The second-order valence-electron chi connectivity index (χ2n) is 5.65. The van der Waals surface area contributed by atoms with Crippen molar-refractivity contribution < 1.29 is 9.84 Å². The van der Waals surface area contributed by atoms with Crippen LogP contribution < -0.4 is 10.1 Å². The molecule has 0 fully saturated rings. The molecular formula is C17H22N4O2. The second-order valence-corrected chi connectivity index (χ2v) is 5.65. The molecule has 2 N–H and O–H groups in total. The van der Waals surface area contributed by atoms with Crippen LogP contribution in [0.25, 0.3) is 0 Å². The molecule has 6 heteroatoms. The Morgan fingerprint density at radius 1 is 1.39 bits per heavy atom. The van der Waals surface area contributed by atoms with Gasteiger partial charge in [-0.2, -0.15) is 10.4 Å². The lowest BCUT2D eigenvalue weighted by Crippen LogP contribution is -2.38. The number of hydrogen-bond acceptors (Lipinski definition) is 5. The third-order valence-electron chi connectivity index (χ3n) is 3.35. The van der Waals surface area contributed by atoms with Crippen LogP contribution in [0.2, 0.25) is 0 Å². The summed E-state index contributed by atoms with van der Waals surface area (Å²) < 4.78 is 7.39. The Morgan fingerprint density at radius 3 is 2.74 bits per heavy atom. The van der Waals surface area contributed by atoms with E-state index in [1.807, 2.05) is 30.9 Å². The number of benzene rings is 1. The van der Waals surface area contributed by atoms with Crippen molar-refractivity contribution in [1.29, 1.82) is 5.26 Å². The van der Waals surface area contributed by atoms with E-state index in [4.69, 9.17) is 10.00 Å². The summed E-state index contributed by atoms with van der Waals surface area (Å²) in [7, 11) is 0. The summed E-state index contributed by atoms with van der Waals surface area (Å²) in [6, 6.07) is 9.07. The molecule has 23 heavy (non-hydrogen) atoms. The molecule has 0 saturated carbocycles. The van der Waals surface area contributed by atoms with Crippen molar-refractivity contribution in [3.63, 3.8) is 0 Å². The van der Waals surface area contributed by atoms with Gasteiger partial charge in [0.2, 0.25) is 0 Å². The van der Waals surface area contributed by atoms with Gasteiger partial charge in [0.15, 0.2) is 0 Å². The number of nitrogens with one attached hydrogen (secondary N) is 1. The van der Waals surface area contributed by atoms with E-state index in [0.717, 1.165) is 12.1 Å². The SMILES string of the molecule is Cc1cnn(CC(C)NCC(O)COc2ccc(C#N)cc2)c1. The Morgan fingerprint density at radius 2 is 2.13 bits per heavy atom. The molecule has 0 aliphatic carbocycles. The minimum atomic E-state index is -0.604. The predicted molar refractivity (Wildman–Crippen MR) is 87.1 cm³/mol. The molecule has 122 valence electrons. The summed E-state index contributed by atoms with van der Waals surface area (Å²) in [5.74, 6) is 0.642. The first-order valence-electron chi connectivity index (χ1n) is 7.60. The monoisotopic (exact) mass is 314 g/mol. The number of ether oxygens (including phenoxy) is 1. The number of nitriles is 1. The smallest absolute Gasteiger partial charge is 0.119 e. The quantitative estimate of drug-likeness (QED) is 0.771. The lowest BCUT2D eigenvalue weighted by molar-refractivity contribution is 0.103. The van der Waals surface area contributed by atoms with Crippen LogP contribution >= 0.6 is 0 Å². The highest BCUT2D eigenvalue weighted by Crippen LogP contribution is 2.11. The first kappa shape index (κ1) is 17.0. The lowest BCUT2D eigenvalue weighted by Gasteiger charge is -2.17. The summed E-state index contributed by atoms with van der Waals surface area (Å²) in [5, 5.41) is 26.2. The Hall–Kier alpha value is -2.36. The molecule has 1 aromatic heterocycles. The molecule has 2 rings (SSSR count). The summed E-state index contributed by atoms with van der Waals surface area (Å²) in [5.41, 5.74) is 1.72. The molecule has 0 saturated heterocycles. The van der Waals surface area contributed by atoms with E-state index in [0.29, 0.717) is 17.9 Å². The third kappa shape index (κ3) is 5.74. The van der Waals surface area contributed by atoms with Crippen LogP contribution in [0.15, 0.2) is 36.7 Å². The lowest BCUT2D eigenvalue weighted by atomic mass is 10.2. The number of aryl methyl sites for hydroxylation is 1. The van der Waals surface area contributed by atoms with Crippen LogP contribution in [0.5, 0.6) is 5.75 Å². The second kappa shape index (κ2) is 8.32. The van der Waals surface area contributed by atoms with Gasteiger partial charge in [-0.05, 0) is 43.7 Å². The number of aromatic nitrogens is 2. The van der Waals surface area contributed by atoms with Gasteiger partial charge in [0, 0.05) is 18.8 Å². The summed E-state index contributed by atoms with van der Waals surface area (Å²) >= 11 is 0. The van der Waals surface area contributed by atoms with Crippen LogP contribution in [0.4, 0.5) is 0 Å². The van der Waals surface area contributed by atoms with Gasteiger partial charge in [-0.3, -0.25) is 4.68 Å². The molecule has 6 nitrogen and oxygen atoms in total. The number of aliphatic hydroxyl groups is 1. The van der Waals surface area contributed by atoms with E-state index in [1.54, 1.807) is 24.3 Å². The van der Waals surface area contributed by atoms with Crippen LogP contribution in [-0.2, 0) is 6.54 Å². The van der Waals surface area contributed by atoms with E-state index in [-0.39, 0.29) is 12.6 Å². The minimum absolute atomic E-state index is 0.193. The fourth-order valence-electron chi connectivity index (χ4n) is 2.13. The molecule has 2 unspecified atom stereocenters. The summed E-state index contributed by atoms with van der Waals surface area (Å²) in [6.07, 6.45) is 3.21. The van der Waals surface area contributed by atoms with Crippen molar-refractivity contribution in [1.82, 2.24) is 15.1 Å². The number of rotatable bonds is 8. The molecule has 2 aromatic rings. The van der Waals surface area contributed by atoms with Crippen molar-refractivity contribution >= 4 is 0 Å². The number of aliphatic hydroxyl groups excluding tert-OH is 1. The molecule has 2 atom stereocenters. The highest BCUT2D eigenvalue weighted by Gasteiger charge is 2.09. The predicted octanol–water partition coefficient (Wildman–Crippen LogP) is 1.48. The Balaban J connectivity index is 1.67. The highest BCUT2D eigenvalue weighted by atomic mass is 16.5. The van der Waals surface area contributed by atoms with Crippen molar-refractivity contribution in [3.8, 4) is 11.8 Å². The number of nitrogens with zero attached hydrogens (tertiary/aromatic N) is 3. The van der Waals surface area contributed by atoms with E-state index in [1.165, 1.54) is 0 Å². The summed E-state index contributed by atoms with van der Waals surface area (Å²) in [6.45, 7) is 5.44. The van der Waals surface area contributed by atoms with Gasteiger partial charge < -0.3 is 15.2 Å². The molecular weight excluding hydrogens is 292 g/mol. The molecule has 0 spiro atoms. The Kier molecular flexibility index (Phi) is 6.15. The Bertz CT molecular complexity index is 645. The van der Waals surface area contributed by atoms with Gasteiger partial charge in [0.1, 0.15) is 18.5 Å². The fraction of sp³-hybridized carbons (Fsp3) is 0.412. The zero-order valence-corrected chi connectivity index (χ0v) is 13.4. The van der Waals surface area contributed by atoms with Gasteiger partial charge in [0.05, 0.1) is 24.4 Å². The molecule has 0 bridgehead atoms. The van der Waals surface area contributed by atoms with Crippen LogP contribution in [0, 0.1) is 18.3 Å². The van der Waals surface area contributed by atoms with Crippen LogP contribution in [0.3, 0.4) is 0 Å². The first-order chi connectivity index (χ1) is 11.1. The zero-order valence-electron chi connectivity index (χ0n) is 13.4. The fourth-order valence-corrected chi connectivity index (χ4v) is 2.13. The molecule has 0 amide bonds. The maximum Gasteiger partial charge on any atom is 0.119 e. The number of hydrogen-bond donors (Lipinski definition) is 2. The normalized spacial score (nSPS) is 13.3. The van der Waals surface area contributed by atoms with Crippen LogP contribution in [0.1, 0.15) is 18.1 Å². The average molecular weight is 314 g/mol. The average Bonchev–Trinajstić information content (AvgIpc) is 2.96. The molecule has 1 aromatic carbocycles. The molecule has 0 radical (unpaired) electrons. The summed E-state index contributed by atoms with van der Waals surface area (Å²) in [4.78, 5) is 0. The van der Waals surface area contributed by atoms with Crippen molar-refractivity contribution in [2.75, 3.05) is 13.2 Å². The Labute approximate surface area is 136 Å². The van der Waals surface area contributed by atoms with Crippen LogP contribution in [-0.4, -0.2) is 40.2 Å². The largest absolute Gasteiger partial charge is 0.491 e. The molecule has 1 heterocycles. The highest BCUT2D eigenvalue weighted by molar-refractivity contribution is 5.34. The van der Waals surface area contributed by atoms with E-state index >= 15 is 0 Å². The van der Waals surface area contributed by atoms with Gasteiger partial charge in [-0.15, -0.1) is 0 Å². The van der Waals surface area contributed by atoms with Crippen molar-refractivity contribution in [2.45, 2.75) is 32.5 Å². The maximum atomic E-state index is 9.97. The van der Waals surface area contributed by atoms with E-state index < -0.39 is 6.10 Å². The molecule has 0 aliphatic heterocycles. The van der Waals surface area contributed by atoms with Gasteiger partial charge in [-0.1, -0.05) is 0 Å². The third-order valence-corrected chi connectivity index (χ3v) is 3.35. The zero-order chi connectivity index (χ0) is 16.7. The maximum absolute atomic E-state index is 9.97. The molecule has 0 aliphatic rings. The van der Waals surface area contributed by atoms with Gasteiger partial charge in [-0.25, -0.2) is 0 Å². The van der Waals surface area contributed by atoms with Gasteiger partial charge >= 0.3 is 0 Å².